The zero-order valence-corrected chi connectivity index (χ0v) is 9.82. The van der Waals surface area contributed by atoms with Gasteiger partial charge >= 0.3 is 0 Å². The first-order chi connectivity index (χ1) is 6.73. The normalized spacial score (nSPS) is 14.6. The van der Waals surface area contributed by atoms with Crippen LogP contribution in [0.3, 0.4) is 0 Å². The summed E-state index contributed by atoms with van der Waals surface area (Å²) in [6.07, 6.45) is 0. The molecule has 1 amide bonds. The number of hydrogen-bond acceptors (Lipinski definition) is 5. The second-order valence-corrected chi connectivity index (χ2v) is 5.94. The van der Waals surface area contributed by atoms with Crippen molar-refractivity contribution in [3.8, 4) is 0 Å². The van der Waals surface area contributed by atoms with E-state index in [2.05, 4.69) is 21.2 Å². The Balaban J connectivity index is 3.55. The summed E-state index contributed by atoms with van der Waals surface area (Å²) in [6.45, 7) is 3.10. The lowest BCUT2D eigenvalue weighted by Crippen LogP contribution is -2.21. The lowest BCUT2D eigenvalue weighted by Gasteiger charge is -2.08. The Morgan fingerprint density at radius 3 is 2.00 bits per heavy atom. The summed E-state index contributed by atoms with van der Waals surface area (Å²) in [5, 5.41) is 5.33. The summed E-state index contributed by atoms with van der Waals surface area (Å²) in [5.74, 6) is -0.881. The maximum absolute atomic E-state index is 11.5. The molecule has 0 radical (unpaired) electrons. The van der Waals surface area contributed by atoms with Crippen molar-refractivity contribution in [3.05, 3.63) is 17.2 Å². The average Bonchev–Trinajstić information content (AvgIpc) is 1.99. The molecule has 6 nitrogen and oxygen atoms in total. The van der Waals surface area contributed by atoms with Crippen molar-refractivity contribution in [1.29, 1.82) is 0 Å². The van der Waals surface area contributed by atoms with Crippen molar-refractivity contribution in [3.63, 3.8) is 0 Å². The summed E-state index contributed by atoms with van der Waals surface area (Å²) in [4.78, 5) is 18.6. The van der Waals surface area contributed by atoms with Crippen LogP contribution in [0.1, 0.15) is 22.0 Å². The fourth-order valence-corrected chi connectivity index (χ4v) is 2.87. The third-order valence-electron chi connectivity index (χ3n) is 1.71. The molecule has 0 saturated heterocycles. The van der Waals surface area contributed by atoms with Crippen LogP contribution in [-0.2, 0) is 19.9 Å². The predicted molar refractivity (Wildman–Crippen MR) is 58.0 cm³/mol. The number of aryl methyl sites for hydroxylation is 2. The van der Waals surface area contributed by atoms with Crippen LogP contribution < -0.4 is 10.9 Å². The van der Waals surface area contributed by atoms with E-state index in [4.69, 9.17) is 10.9 Å². The smallest absolute Gasteiger partial charge is 0.286 e. The highest BCUT2D eigenvalue weighted by Crippen LogP contribution is 2.15. The molecule has 0 fully saturated rings. The fraction of sp³-hybridized carbons (Fsp3) is 0.286. The lowest BCUT2D eigenvalue weighted by molar-refractivity contribution is 0.0989. The third kappa shape index (κ3) is 2.46. The van der Waals surface area contributed by atoms with E-state index in [1.54, 1.807) is 13.8 Å². The summed E-state index contributed by atoms with van der Waals surface area (Å²) in [5.41, 5.74) is 5.65. The van der Waals surface area contributed by atoms with Crippen molar-refractivity contribution in [2.45, 2.75) is 18.7 Å². The molecule has 82 valence electrons. The zero-order valence-electron chi connectivity index (χ0n) is 8.18. The Kier molecular flexibility index (Phi) is 3.03. The molecule has 0 aromatic carbocycles. The molecule has 0 bridgehead atoms. The van der Waals surface area contributed by atoms with E-state index in [1.165, 1.54) is 0 Å². The average molecular weight is 246 g/mol. The minimum absolute atomic E-state index is 0.132. The minimum Gasteiger partial charge on any atom is -0.363 e. The van der Waals surface area contributed by atoms with Crippen LogP contribution in [-0.4, -0.2) is 20.1 Å². The highest BCUT2D eigenvalue weighted by atomic mass is 32.8. The van der Waals surface area contributed by atoms with Crippen LogP contribution in [0.2, 0.25) is 0 Å². The van der Waals surface area contributed by atoms with Crippen LogP contribution in [0.5, 0.6) is 0 Å². The molecule has 15 heavy (non-hydrogen) atoms. The van der Waals surface area contributed by atoms with Gasteiger partial charge in [-0.25, -0.2) is 19.3 Å². The van der Waals surface area contributed by atoms with Gasteiger partial charge < -0.3 is 5.73 Å². The SMILES string of the molecule is Cc1nc(C(N)=O)nc(C)c1S(N)(=O)=S. The lowest BCUT2D eigenvalue weighted by atomic mass is 10.3. The molecule has 0 aliphatic rings. The van der Waals surface area contributed by atoms with E-state index in [9.17, 15) is 9.00 Å². The van der Waals surface area contributed by atoms with E-state index >= 15 is 0 Å². The van der Waals surface area contributed by atoms with Crippen molar-refractivity contribution >= 4 is 25.8 Å². The topological polar surface area (TPSA) is 112 Å². The van der Waals surface area contributed by atoms with Gasteiger partial charge in [-0.3, -0.25) is 4.79 Å². The van der Waals surface area contributed by atoms with Gasteiger partial charge in [0.15, 0.2) is 0 Å². The van der Waals surface area contributed by atoms with Gasteiger partial charge in [-0.1, -0.05) is 0 Å². The molecule has 0 aliphatic heterocycles. The Morgan fingerprint density at radius 2 is 1.73 bits per heavy atom. The number of hydrogen-bond donors (Lipinski definition) is 2. The Bertz CT molecular complexity index is 501. The molecule has 1 rings (SSSR count). The first-order valence-corrected chi connectivity index (χ1v) is 6.46. The molecule has 0 spiro atoms. The van der Waals surface area contributed by atoms with Gasteiger partial charge in [0, 0.05) is 11.2 Å². The first-order valence-electron chi connectivity index (χ1n) is 3.91. The number of nitrogens with zero attached hydrogens (tertiary/aromatic N) is 2. The Labute approximate surface area is 91.9 Å². The highest BCUT2D eigenvalue weighted by Gasteiger charge is 2.17. The number of aromatic nitrogens is 2. The maximum Gasteiger partial charge on any atom is 0.286 e. The van der Waals surface area contributed by atoms with E-state index in [0.717, 1.165) is 0 Å². The van der Waals surface area contributed by atoms with Crippen molar-refractivity contribution in [1.82, 2.24) is 9.97 Å². The van der Waals surface area contributed by atoms with Gasteiger partial charge in [-0.2, -0.15) is 0 Å². The van der Waals surface area contributed by atoms with Gasteiger partial charge in [-0.05, 0) is 13.8 Å². The van der Waals surface area contributed by atoms with Crippen LogP contribution in [0.15, 0.2) is 4.90 Å². The standard InChI is InChI=1S/C7H10N4O2S2/c1-3-5(15(9,13)14)4(2)11-7(10-3)6(8)12/h1-2H3,(H2,8,12)(H2,9,13,14). The monoisotopic (exact) mass is 246 g/mol. The molecular formula is C7H10N4O2S2. The van der Waals surface area contributed by atoms with Crippen molar-refractivity contribution in [2.24, 2.45) is 10.9 Å². The molecule has 8 heteroatoms. The van der Waals surface area contributed by atoms with Crippen molar-refractivity contribution in [2.75, 3.05) is 0 Å². The Morgan fingerprint density at radius 1 is 1.33 bits per heavy atom. The van der Waals surface area contributed by atoms with Crippen LogP contribution in [0.25, 0.3) is 0 Å². The highest BCUT2D eigenvalue weighted by molar-refractivity contribution is 8.31. The molecule has 1 aromatic rings. The number of nitrogens with two attached hydrogens (primary N) is 2. The maximum atomic E-state index is 11.5. The van der Waals surface area contributed by atoms with Gasteiger partial charge in [-0.15, -0.1) is 0 Å². The predicted octanol–water partition coefficient (Wildman–Crippen LogP) is -0.829. The van der Waals surface area contributed by atoms with E-state index in [0.29, 0.717) is 11.4 Å². The van der Waals surface area contributed by atoms with Gasteiger partial charge in [0.05, 0.1) is 16.3 Å². The zero-order chi connectivity index (χ0) is 11.8. The summed E-state index contributed by atoms with van der Waals surface area (Å²) >= 11 is 4.64. The number of carbonyl (C=O) groups excluding carboxylic acids is 1. The van der Waals surface area contributed by atoms with Gasteiger partial charge in [0.25, 0.3) is 5.91 Å². The van der Waals surface area contributed by atoms with Crippen LogP contribution in [0.4, 0.5) is 0 Å². The molecular weight excluding hydrogens is 236 g/mol. The second kappa shape index (κ2) is 3.80. The summed E-state index contributed by atoms with van der Waals surface area (Å²) < 4.78 is 11.5. The van der Waals surface area contributed by atoms with Crippen LogP contribution in [0, 0.1) is 13.8 Å². The van der Waals surface area contributed by atoms with Gasteiger partial charge in [0.1, 0.15) is 8.68 Å². The molecule has 1 unspecified atom stereocenters. The van der Waals surface area contributed by atoms with E-state index in [-0.39, 0.29) is 10.7 Å². The fourth-order valence-electron chi connectivity index (χ4n) is 1.23. The number of primary amides is 1. The number of carbonyl (C=O) groups is 1. The molecule has 0 aliphatic carbocycles. The molecule has 1 atom stereocenters. The largest absolute Gasteiger partial charge is 0.363 e. The number of amides is 1. The summed E-state index contributed by atoms with van der Waals surface area (Å²) in [7, 11) is -3.05. The third-order valence-corrected chi connectivity index (χ3v) is 3.37. The Hall–Kier alpha value is -1.12. The molecule has 4 N–H and O–H groups in total. The summed E-state index contributed by atoms with van der Waals surface area (Å²) in [6, 6.07) is 0. The van der Waals surface area contributed by atoms with E-state index < -0.39 is 14.6 Å². The second-order valence-electron chi connectivity index (χ2n) is 2.96. The van der Waals surface area contributed by atoms with Gasteiger partial charge in [0.2, 0.25) is 5.82 Å². The number of rotatable bonds is 2. The van der Waals surface area contributed by atoms with Crippen LogP contribution >= 0.6 is 0 Å². The van der Waals surface area contributed by atoms with E-state index in [1.807, 2.05) is 0 Å². The first kappa shape index (κ1) is 12.0. The molecule has 1 aromatic heterocycles. The van der Waals surface area contributed by atoms with Crippen molar-refractivity contribution < 1.29 is 9.00 Å². The molecule has 1 heterocycles. The minimum atomic E-state index is -3.05. The quantitative estimate of drug-likeness (QED) is 0.707. The molecule has 0 saturated carbocycles.